The van der Waals surface area contributed by atoms with Crippen LogP contribution in [0.5, 0.6) is 0 Å². The molecule has 0 fully saturated rings. The van der Waals surface area contributed by atoms with Gasteiger partial charge in [-0.25, -0.2) is 4.98 Å². The van der Waals surface area contributed by atoms with E-state index in [9.17, 15) is 4.79 Å². The van der Waals surface area contributed by atoms with Gasteiger partial charge in [-0.05, 0) is 6.42 Å². The zero-order valence-corrected chi connectivity index (χ0v) is 10.2. The third-order valence-corrected chi connectivity index (χ3v) is 3.35. The van der Waals surface area contributed by atoms with Crippen molar-refractivity contribution in [2.75, 3.05) is 5.75 Å². The molecule has 2 aromatic rings. The molecule has 1 aromatic heterocycles. The fourth-order valence-electron chi connectivity index (χ4n) is 1.50. The number of aromatic nitrogens is 2. The average Bonchev–Trinajstić information content (AvgIpc) is 2.88. The number of ketones is 1. The van der Waals surface area contributed by atoms with E-state index >= 15 is 0 Å². The molecule has 17 heavy (non-hydrogen) atoms. The fourth-order valence-corrected chi connectivity index (χ4v) is 2.27. The van der Waals surface area contributed by atoms with Crippen LogP contribution >= 0.6 is 11.8 Å². The van der Waals surface area contributed by atoms with Crippen LogP contribution in [0, 0.1) is 0 Å². The number of Topliss-reactive ketones (excluding diaryl/α,β-unsaturated/α-hetero) is 1. The van der Waals surface area contributed by atoms with Crippen LogP contribution < -0.4 is 0 Å². The molecule has 1 heterocycles. The van der Waals surface area contributed by atoms with Crippen LogP contribution in [-0.2, 0) is 0 Å². The van der Waals surface area contributed by atoms with Crippen LogP contribution in [0.3, 0.4) is 0 Å². The van der Waals surface area contributed by atoms with E-state index in [0.717, 1.165) is 22.9 Å². The average molecular weight is 246 g/mol. The largest absolute Gasteiger partial charge is 0.340 e. The van der Waals surface area contributed by atoms with E-state index in [1.807, 2.05) is 30.3 Å². The zero-order chi connectivity index (χ0) is 11.9. The molecule has 0 saturated heterocycles. The standard InChI is InChI=1S/C13H14N2OS/c16-12(11-5-2-1-3-6-11)7-4-10-17-13-14-8-9-15-13/h1-3,5-6,8-9H,4,7,10H2,(H,14,15). The van der Waals surface area contributed by atoms with Crippen molar-refractivity contribution in [3.63, 3.8) is 0 Å². The maximum absolute atomic E-state index is 11.8. The Morgan fingerprint density at radius 1 is 1.29 bits per heavy atom. The lowest BCUT2D eigenvalue weighted by atomic mass is 10.1. The van der Waals surface area contributed by atoms with Crippen molar-refractivity contribution in [2.45, 2.75) is 18.0 Å². The molecule has 0 amide bonds. The monoisotopic (exact) mass is 246 g/mol. The van der Waals surface area contributed by atoms with Gasteiger partial charge in [0.1, 0.15) is 0 Å². The number of H-pyrrole nitrogens is 1. The molecule has 0 atom stereocenters. The van der Waals surface area contributed by atoms with Crippen molar-refractivity contribution in [1.82, 2.24) is 9.97 Å². The molecule has 1 N–H and O–H groups in total. The highest BCUT2D eigenvalue weighted by Crippen LogP contribution is 2.14. The summed E-state index contributed by atoms with van der Waals surface area (Å²) in [6.07, 6.45) is 5.01. The summed E-state index contributed by atoms with van der Waals surface area (Å²) >= 11 is 1.65. The first-order valence-corrected chi connectivity index (χ1v) is 6.55. The summed E-state index contributed by atoms with van der Waals surface area (Å²) in [5, 5.41) is 0.914. The summed E-state index contributed by atoms with van der Waals surface area (Å²) in [6.45, 7) is 0. The Hall–Kier alpha value is -1.55. The predicted molar refractivity (Wildman–Crippen MR) is 69.3 cm³/mol. The molecular formula is C13H14N2OS. The molecule has 4 heteroatoms. The minimum Gasteiger partial charge on any atom is -0.340 e. The van der Waals surface area contributed by atoms with Crippen LogP contribution in [0.25, 0.3) is 0 Å². The molecular weight excluding hydrogens is 232 g/mol. The predicted octanol–water partition coefficient (Wildman–Crippen LogP) is 3.16. The van der Waals surface area contributed by atoms with Crippen molar-refractivity contribution < 1.29 is 4.79 Å². The van der Waals surface area contributed by atoms with Crippen molar-refractivity contribution in [2.24, 2.45) is 0 Å². The molecule has 0 unspecified atom stereocenters. The van der Waals surface area contributed by atoms with Gasteiger partial charge in [0.15, 0.2) is 10.9 Å². The van der Waals surface area contributed by atoms with Gasteiger partial charge in [-0.1, -0.05) is 42.1 Å². The van der Waals surface area contributed by atoms with Crippen molar-refractivity contribution in [3.8, 4) is 0 Å². The van der Waals surface area contributed by atoms with Crippen LogP contribution in [0.15, 0.2) is 47.9 Å². The molecule has 2 rings (SSSR count). The van der Waals surface area contributed by atoms with Gasteiger partial charge in [-0.15, -0.1) is 0 Å². The lowest BCUT2D eigenvalue weighted by Crippen LogP contribution is -1.99. The highest BCUT2D eigenvalue weighted by atomic mass is 32.2. The first-order valence-electron chi connectivity index (χ1n) is 5.56. The Morgan fingerprint density at radius 3 is 2.82 bits per heavy atom. The van der Waals surface area contributed by atoms with Gasteiger partial charge in [0, 0.05) is 30.1 Å². The minimum atomic E-state index is 0.214. The molecule has 0 aliphatic carbocycles. The lowest BCUT2D eigenvalue weighted by Gasteiger charge is -2.00. The first kappa shape index (κ1) is 11.9. The van der Waals surface area contributed by atoms with E-state index in [1.54, 1.807) is 24.2 Å². The molecule has 0 aliphatic rings. The maximum Gasteiger partial charge on any atom is 0.165 e. The van der Waals surface area contributed by atoms with Gasteiger partial charge in [-0.3, -0.25) is 4.79 Å². The van der Waals surface area contributed by atoms with Gasteiger partial charge in [0.2, 0.25) is 0 Å². The van der Waals surface area contributed by atoms with Crippen molar-refractivity contribution >= 4 is 17.5 Å². The lowest BCUT2D eigenvalue weighted by molar-refractivity contribution is 0.0982. The van der Waals surface area contributed by atoms with Crippen LogP contribution in [0.1, 0.15) is 23.2 Å². The number of hydrogen-bond acceptors (Lipinski definition) is 3. The summed E-state index contributed by atoms with van der Waals surface area (Å²) in [6, 6.07) is 9.43. The summed E-state index contributed by atoms with van der Waals surface area (Å²) in [4.78, 5) is 18.9. The Morgan fingerprint density at radius 2 is 2.12 bits per heavy atom. The van der Waals surface area contributed by atoms with Gasteiger partial charge < -0.3 is 4.98 Å². The van der Waals surface area contributed by atoms with Crippen LogP contribution in [0.4, 0.5) is 0 Å². The van der Waals surface area contributed by atoms with Gasteiger partial charge >= 0.3 is 0 Å². The van der Waals surface area contributed by atoms with E-state index in [4.69, 9.17) is 0 Å². The van der Waals surface area contributed by atoms with Crippen molar-refractivity contribution in [3.05, 3.63) is 48.3 Å². The smallest absolute Gasteiger partial charge is 0.165 e. The number of nitrogens with zero attached hydrogens (tertiary/aromatic N) is 1. The van der Waals surface area contributed by atoms with Crippen LogP contribution in [-0.4, -0.2) is 21.5 Å². The van der Waals surface area contributed by atoms with Gasteiger partial charge in [-0.2, -0.15) is 0 Å². The third-order valence-electron chi connectivity index (χ3n) is 2.36. The number of carbonyl (C=O) groups excluding carboxylic acids is 1. The molecule has 0 spiro atoms. The second kappa shape index (κ2) is 6.25. The summed E-state index contributed by atoms with van der Waals surface area (Å²) in [5.74, 6) is 1.12. The Kier molecular flexibility index (Phi) is 4.38. The normalized spacial score (nSPS) is 10.4. The Balaban J connectivity index is 1.70. The molecule has 3 nitrogen and oxygen atoms in total. The van der Waals surface area contributed by atoms with E-state index in [2.05, 4.69) is 9.97 Å². The van der Waals surface area contributed by atoms with E-state index in [1.165, 1.54) is 0 Å². The summed E-state index contributed by atoms with van der Waals surface area (Å²) < 4.78 is 0. The number of carbonyl (C=O) groups is 1. The van der Waals surface area contributed by atoms with E-state index in [0.29, 0.717) is 6.42 Å². The quantitative estimate of drug-likeness (QED) is 0.484. The zero-order valence-electron chi connectivity index (χ0n) is 9.43. The van der Waals surface area contributed by atoms with Crippen LogP contribution in [0.2, 0.25) is 0 Å². The van der Waals surface area contributed by atoms with Gasteiger partial charge in [0.25, 0.3) is 0 Å². The molecule has 0 saturated carbocycles. The number of thioether (sulfide) groups is 1. The van der Waals surface area contributed by atoms with Gasteiger partial charge in [0.05, 0.1) is 0 Å². The second-order valence-electron chi connectivity index (χ2n) is 3.64. The fraction of sp³-hybridized carbons (Fsp3) is 0.231. The number of aromatic amines is 1. The third kappa shape index (κ3) is 3.75. The molecule has 1 aromatic carbocycles. The highest BCUT2D eigenvalue weighted by Gasteiger charge is 2.04. The topological polar surface area (TPSA) is 45.8 Å². The number of hydrogen-bond donors (Lipinski definition) is 1. The highest BCUT2D eigenvalue weighted by molar-refractivity contribution is 7.99. The SMILES string of the molecule is O=C(CCCSc1ncc[nH]1)c1ccccc1. The number of rotatable bonds is 6. The summed E-state index contributed by atoms with van der Waals surface area (Å²) in [5.41, 5.74) is 0.801. The number of nitrogens with one attached hydrogen (secondary N) is 1. The molecule has 0 bridgehead atoms. The Labute approximate surface area is 105 Å². The first-order chi connectivity index (χ1) is 8.36. The number of imidazole rings is 1. The Bertz CT molecular complexity index is 454. The maximum atomic E-state index is 11.8. The molecule has 0 radical (unpaired) electrons. The summed E-state index contributed by atoms with van der Waals surface area (Å²) in [7, 11) is 0. The van der Waals surface area contributed by atoms with E-state index in [-0.39, 0.29) is 5.78 Å². The minimum absolute atomic E-state index is 0.214. The number of benzene rings is 1. The van der Waals surface area contributed by atoms with E-state index < -0.39 is 0 Å². The molecule has 0 aliphatic heterocycles. The second-order valence-corrected chi connectivity index (χ2v) is 4.72. The van der Waals surface area contributed by atoms with Crippen molar-refractivity contribution in [1.29, 1.82) is 0 Å². The molecule has 88 valence electrons.